The largest absolute Gasteiger partial charge is 0.507 e. The molecule has 0 bridgehead atoms. The standard InChI is InChI=1S/C12H7BrO2/c13-8-1-2-9-10(4-8)11-6-15-5-7(11)3-12(9)14/h1-6,14H. The Morgan fingerprint density at radius 3 is 2.73 bits per heavy atom. The quantitative estimate of drug-likeness (QED) is 0.663. The Morgan fingerprint density at radius 2 is 1.87 bits per heavy atom. The van der Waals surface area contributed by atoms with Crippen LogP contribution in [0.1, 0.15) is 0 Å². The molecule has 0 radical (unpaired) electrons. The van der Waals surface area contributed by atoms with Gasteiger partial charge in [-0.2, -0.15) is 0 Å². The van der Waals surface area contributed by atoms with E-state index in [0.717, 1.165) is 26.0 Å². The highest BCUT2D eigenvalue weighted by Crippen LogP contribution is 2.34. The molecule has 1 N–H and O–H groups in total. The van der Waals surface area contributed by atoms with Crippen molar-refractivity contribution in [1.82, 2.24) is 0 Å². The van der Waals surface area contributed by atoms with E-state index in [0.29, 0.717) is 0 Å². The average molecular weight is 263 g/mol. The minimum atomic E-state index is 0.284. The van der Waals surface area contributed by atoms with Crippen molar-refractivity contribution in [2.75, 3.05) is 0 Å². The van der Waals surface area contributed by atoms with Crippen molar-refractivity contribution in [1.29, 1.82) is 0 Å². The van der Waals surface area contributed by atoms with Crippen molar-refractivity contribution in [2.45, 2.75) is 0 Å². The molecule has 0 fully saturated rings. The fourth-order valence-electron chi connectivity index (χ4n) is 1.83. The number of phenols is 1. The molecule has 0 saturated heterocycles. The third-order valence-corrected chi connectivity index (χ3v) is 3.03. The van der Waals surface area contributed by atoms with E-state index in [1.165, 1.54) is 0 Å². The summed E-state index contributed by atoms with van der Waals surface area (Å²) in [6.07, 6.45) is 3.33. The van der Waals surface area contributed by atoms with E-state index in [2.05, 4.69) is 15.9 Å². The Labute approximate surface area is 94.3 Å². The second kappa shape index (κ2) is 3.00. The molecule has 2 aromatic carbocycles. The van der Waals surface area contributed by atoms with Gasteiger partial charge in [-0.3, -0.25) is 0 Å². The first-order valence-electron chi connectivity index (χ1n) is 4.53. The molecule has 2 nitrogen and oxygen atoms in total. The van der Waals surface area contributed by atoms with E-state index in [-0.39, 0.29) is 5.75 Å². The number of hydrogen-bond donors (Lipinski definition) is 1. The van der Waals surface area contributed by atoms with Gasteiger partial charge in [-0.15, -0.1) is 0 Å². The molecule has 0 aliphatic rings. The monoisotopic (exact) mass is 262 g/mol. The highest BCUT2D eigenvalue weighted by atomic mass is 79.9. The van der Waals surface area contributed by atoms with Gasteiger partial charge in [0.15, 0.2) is 0 Å². The summed E-state index contributed by atoms with van der Waals surface area (Å²) in [6, 6.07) is 7.50. The van der Waals surface area contributed by atoms with Crippen LogP contribution < -0.4 is 0 Å². The molecule has 0 amide bonds. The second-order valence-electron chi connectivity index (χ2n) is 3.46. The molecular formula is C12H7BrO2. The third kappa shape index (κ3) is 1.23. The topological polar surface area (TPSA) is 33.4 Å². The number of halogens is 1. The van der Waals surface area contributed by atoms with Crippen molar-refractivity contribution >= 4 is 37.5 Å². The molecule has 3 rings (SSSR count). The Hall–Kier alpha value is -1.48. The highest BCUT2D eigenvalue weighted by Gasteiger charge is 2.07. The predicted molar refractivity (Wildman–Crippen MR) is 63.1 cm³/mol. The fraction of sp³-hybridized carbons (Fsp3) is 0. The Morgan fingerprint density at radius 1 is 1.00 bits per heavy atom. The summed E-state index contributed by atoms with van der Waals surface area (Å²) in [5.41, 5.74) is 0. The van der Waals surface area contributed by atoms with Gasteiger partial charge in [0, 0.05) is 20.6 Å². The van der Waals surface area contributed by atoms with Gasteiger partial charge in [-0.1, -0.05) is 15.9 Å². The molecule has 1 heterocycles. The first kappa shape index (κ1) is 8.80. The van der Waals surface area contributed by atoms with Crippen LogP contribution in [0.3, 0.4) is 0 Å². The Balaban J connectivity index is 2.63. The summed E-state index contributed by atoms with van der Waals surface area (Å²) in [4.78, 5) is 0. The van der Waals surface area contributed by atoms with Gasteiger partial charge < -0.3 is 9.52 Å². The SMILES string of the molecule is Oc1cc2cocc2c2cc(Br)ccc12. The number of hydrogen-bond acceptors (Lipinski definition) is 2. The first-order valence-corrected chi connectivity index (χ1v) is 5.32. The molecule has 3 heteroatoms. The number of rotatable bonds is 0. The van der Waals surface area contributed by atoms with Crippen molar-refractivity contribution < 1.29 is 9.52 Å². The normalized spacial score (nSPS) is 11.3. The van der Waals surface area contributed by atoms with E-state index in [1.807, 2.05) is 18.2 Å². The van der Waals surface area contributed by atoms with E-state index in [9.17, 15) is 5.11 Å². The number of furan rings is 1. The molecule has 0 spiro atoms. The van der Waals surface area contributed by atoms with Crippen LogP contribution in [0.4, 0.5) is 0 Å². The van der Waals surface area contributed by atoms with E-state index >= 15 is 0 Å². The van der Waals surface area contributed by atoms with Crippen LogP contribution in [-0.4, -0.2) is 5.11 Å². The number of phenolic OH excluding ortho intramolecular Hbond substituents is 1. The average Bonchev–Trinajstić information content (AvgIpc) is 2.65. The lowest BCUT2D eigenvalue weighted by molar-refractivity contribution is 0.482. The zero-order valence-electron chi connectivity index (χ0n) is 7.70. The van der Waals surface area contributed by atoms with Crippen LogP contribution in [0, 0.1) is 0 Å². The zero-order valence-corrected chi connectivity index (χ0v) is 9.28. The molecule has 74 valence electrons. The molecule has 15 heavy (non-hydrogen) atoms. The van der Waals surface area contributed by atoms with Crippen LogP contribution >= 0.6 is 15.9 Å². The van der Waals surface area contributed by atoms with Crippen molar-refractivity contribution in [3.63, 3.8) is 0 Å². The molecule has 0 aliphatic heterocycles. The predicted octanol–water partition coefficient (Wildman–Crippen LogP) is 4.05. The van der Waals surface area contributed by atoms with Crippen molar-refractivity contribution in [3.8, 4) is 5.75 Å². The third-order valence-electron chi connectivity index (χ3n) is 2.53. The lowest BCUT2D eigenvalue weighted by Crippen LogP contribution is -1.76. The van der Waals surface area contributed by atoms with Gasteiger partial charge in [-0.25, -0.2) is 0 Å². The highest BCUT2D eigenvalue weighted by molar-refractivity contribution is 9.10. The van der Waals surface area contributed by atoms with Crippen LogP contribution in [0.5, 0.6) is 5.75 Å². The van der Waals surface area contributed by atoms with Gasteiger partial charge >= 0.3 is 0 Å². The maximum Gasteiger partial charge on any atom is 0.124 e. The summed E-state index contributed by atoms with van der Waals surface area (Å²) < 4.78 is 6.13. The van der Waals surface area contributed by atoms with Gasteiger partial charge in [0.2, 0.25) is 0 Å². The van der Waals surface area contributed by atoms with Crippen molar-refractivity contribution in [2.24, 2.45) is 0 Å². The lowest BCUT2D eigenvalue weighted by atomic mass is 10.0. The van der Waals surface area contributed by atoms with Crippen LogP contribution in [-0.2, 0) is 0 Å². The lowest BCUT2D eigenvalue weighted by Gasteiger charge is -2.02. The molecule has 0 unspecified atom stereocenters. The smallest absolute Gasteiger partial charge is 0.124 e. The molecule has 3 aromatic rings. The van der Waals surface area contributed by atoms with Gasteiger partial charge in [0.25, 0.3) is 0 Å². The van der Waals surface area contributed by atoms with E-state index < -0.39 is 0 Å². The maximum atomic E-state index is 9.82. The van der Waals surface area contributed by atoms with Crippen LogP contribution in [0.25, 0.3) is 21.5 Å². The zero-order chi connectivity index (χ0) is 10.4. The van der Waals surface area contributed by atoms with Gasteiger partial charge in [0.05, 0.1) is 12.5 Å². The minimum absolute atomic E-state index is 0.284. The maximum absolute atomic E-state index is 9.82. The number of benzene rings is 2. The summed E-state index contributed by atoms with van der Waals surface area (Å²) in [5.74, 6) is 0.284. The Bertz CT molecular complexity index is 655. The summed E-state index contributed by atoms with van der Waals surface area (Å²) in [6.45, 7) is 0. The number of aromatic hydroxyl groups is 1. The Kier molecular flexibility index (Phi) is 1.76. The summed E-state index contributed by atoms with van der Waals surface area (Å²) in [7, 11) is 0. The number of fused-ring (bicyclic) bond motifs is 3. The fourth-order valence-corrected chi connectivity index (χ4v) is 2.19. The van der Waals surface area contributed by atoms with Crippen LogP contribution in [0.2, 0.25) is 0 Å². The van der Waals surface area contributed by atoms with E-state index in [4.69, 9.17) is 4.42 Å². The molecular weight excluding hydrogens is 256 g/mol. The van der Waals surface area contributed by atoms with Gasteiger partial charge in [0.1, 0.15) is 5.75 Å². The molecule has 1 aromatic heterocycles. The molecule has 0 atom stereocenters. The van der Waals surface area contributed by atoms with Gasteiger partial charge in [-0.05, 0) is 29.7 Å². The minimum Gasteiger partial charge on any atom is -0.507 e. The van der Waals surface area contributed by atoms with E-state index in [1.54, 1.807) is 18.6 Å². The summed E-state index contributed by atoms with van der Waals surface area (Å²) >= 11 is 3.42. The van der Waals surface area contributed by atoms with Crippen LogP contribution in [0.15, 0.2) is 45.7 Å². The molecule has 0 saturated carbocycles. The second-order valence-corrected chi connectivity index (χ2v) is 4.38. The van der Waals surface area contributed by atoms with Crippen molar-refractivity contribution in [3.05, 3.63) is 41.3 Å². The first-order chi connectivity index (χ1) is 7.25. The molecule has 0 aliphatic carbocycles. The summed E-state index contributed by atoms with van der Waals surface area (Å²) in [5, 5.41) is 13.6.